The molecule has 0 saturated heterocycles. The van der Waals surface area contributed by atoms with Crippen molar-refractivity contribution in [1.82, 2.24) is 10.3 Å². The lowest BCUT2D eigenvalue weighted by Crippen LogP contribution is -2.26. The van der Waals surface area contributed by atoms with Crippen molar-refractivity contribution in [1.29, 1.82) is 0 Å². The van der Waals surface area contributed by atoms with Crippen LogP contribution in [0.25, 0.3) is 0 Å². The van der Waals surface area contributed by atoms with E-state index in [1.165, 1.54) is 36.5 Å². The van der Waals surface area contributed by atoms with Gasteiger partial charge in [0.2, 0.25) is 19.7 Å². The highest BCUT2D eigenvalue weighted by molar-refractivity contribution is 7.94. The summed E-state index contributed by atoms with van der Waals surface area (Å²) in [4.78, 5) is 3.59. The minimum absolute atomic E-state index is 0.0552. The first kappa shape index (κ1) is 23.6. The van der Waals surface area contributed by atoms with Crippen molar-refractivity contribution in [3.05, 3.63) is 78.0 Å². The second-order valence-corrected chi connectivity index (χ2v) is 12.6. The summed E-state index contributed by atoms with van der Waals surface area (Å²) in [5.41, 5.74) is 1.79. The zero-order valence-electron chi connectivity index (χ0n) is 18.9. The second kappa shape index (κ2) is 9.00. The molecule has 8 heteroatoms. The molecule has 2 aromatic carbocycles. The fraction of sp³-hybridized carbons (Fsp3) is 0.320. The molecule has 1 unspecified atom stereocenters. The molecule has 3 aromatic rings. The highest BCUT2D eigenvalue weighted by atomic mass is 32.2. The van der Waals surface area contributed by atoms with Gasteiger partial charge in [-0.2, -0.15) is 0 Å². The van der Waals surface area contributed by atoms with Crippen molar-refractivity contribution in [2.24, 2.45) is 0 Å². The Labute approximate surface area is 195 Å². The molecule has 1 saturated carbocycles. The Hall–Kier alpha value is -2.55. The van der Waals surface area contributed by atoms with E-state index in [4.69, 9.17) is 0 Å². The maximum atomic E-state index is 13.6. The molecule has 1 N–H and O–H groups in total. The van der Waals surface area contributed by atoms with Crippen LogP contribution in [0.15, 0.2) is 86.6 Å². The van der Waals surface area contributed by atoms with Gasteiger partial charge in [-0.3, -0.25) is 0 Å². The first-order valence-corrected chi connectivity index (χ1v) is 14.0. The van der Waals surface area contributed by atoms with E-state index >= 15 is 0 Å². The average Bonchev–Trinajstić information content (AvgIpc) is 3.64. The summed E-state index contributed by atoms with van der Waals surface area (Å²) in [6.07, 6.45) is 3.33. The number of benzene rings is 2. The summed E-state index contributed by atoms with van der Waals surface area (Å²) in [5.74, 6) is 0.272. The highest BCUT2D eigenvalue weighted by Crippen LogP contribution is 2.42. The zero-order chi connectivity index (χ0) is 23.8. The number of nitrogens with one attached hydrogen (secondary N) is 1. The normalized spacial score (nSPS) is 15.5. The quantitative estimate of drug-likeness (QED) is 0.499. The lowest BCUT2D eigenvalue weighted by atomic mass is 10.1. The number of hydrogen-bond donors (Lipinski definition) is 1. The zero-order valence-corrected chi connectivity index (χ0v) is 20.5. The van der Waals surface area contributed by atoms with Crippen LogP contribution in [0, 0.1) is 0 Å². The molecule has 33 heavy (non-hydrogen) atoms. The molecule has 1 atom stereocenters. The van der Waals surface area contributed by atoms with E-state index in [-0.39, 0.29) is 37.7 Å². The molecule has 1 fully saturated rings. The van der Waals surface area contributed by atoms with Gasteiger partial charge in [0.15, 0.2) is 5.03 Å². The lowest BCUT2D eigenvalue weighted by Gasteiger charge is -2.18. The summed E-state index contributed by atoms with van der Waals surface area (Å²) in [6, 6.07) is 16.2. The maximum absolute atomic E-state index is 13.6. The number of pyridine rings is 1. The van der Waals surface area contributed by atoms with Crippen LogP contribution in [0.4, 0.5) is 0 Å². The van der Waals surface area contributed by atoms with E-state index in [0.717, 1.165) is 24.0 Å². The van der Waals surface area contributed by atoms with Crippen LogP contribution in [0.3, 0.4) is 0 Å². The predicted molar refractivity (Wildman–Crippen MR) is 127 cm³/mol. The minimum Gasteiger partial charge on any atom is -0.308 e. The number of nitrogens with zero attached hydrogens (tertiary/aromatic N) is 1. The predicted octanol–water partition coefficient (Wildman–Crippen LogP) is 4.68. The molecule has 0 aliphatic heterocycles. The van der Waals surface area contributed by atoms with Crippen LogP contribution in [0.2, 0.25) is 0 Å². The van der Waals surface area contributed by atoms with Crippen LogP contribution >= 0.6 is 0 Å². The fourth-order valence-corrected chi connectivity index (χ4v) is 7.19. The Balaban J connectivity index is 1.80. The Bertz CT molecular complexity index is 1350. The SMILES string of the molecule is CC(C)NC(C)c1ccc(S(=O)(=O)c2ccc(C3CC3)cc2S(=O)(=O)c2ccccn2)cc1. The van der Waals surface area contributed by atoms with Crippen molar-refractivity contribution in [2.75, 3.05) is 0 Å². The van der Waals surface area contributed by atoms with E-state index in [9.17, 15) is 16.8 Å². The molecule has 1 heterocycles. The second-order valence-electron chi connectivity index (χ2n) is 8.77. The first-order chi connectivity index (χ1) is 15.6. The molecular weight excluding hydrogens is 456 g/mol. The van der Waals surface area contributed by atoms with Crippen LogP contribution in [0.5, 0.6) is 0 Å². The lowest BCUT2D eigenvalue weighted by molar-refractivity contribution is 0.506. The van der Waals surface area contributed by atoms with Crippen molar-refractivity contribution in [3.63, 3.8) is 0 Å². The van der Waals surface area contributed by atoms with Crippen molar-refractivity contribution in [3.8, 4) is 0 Å². The Morgan fingerprint density at radius 3 is 2.12 bits per heavy atom. The van der Waals surface area contributed by atoms with Crippen LogP contribution in [-0.2, 0) is 19.7 Å². The average molecular weight is 485 g/mol. The molecule has 1 aliphatic carbocycles. The van der Waals surface area contributed by atoms with Gasteiger partial charge in [-0.25, -0.2) is 21.8 Å². The third kappa shape index (κ3) is 4.88. The molecule has 0 bridgehead atoms. The smallest absolute Gasteiger partial charge is 0.225 e. The van der Waals surface area contributed by atoms with Gasteiger partial charge >= 0.3 is 0 Å². The minimum atomic E-state index is -4.12. The molecule has 0 spiro atoms. The molecule has 6 nitrogen and oxygen atoms in total. The van der Waals surface area contributed by atoms with Gasteiger partial charge in [0.05, 0.1) is 14.7 Å². The van der Waals surface area contributed by atoms with E-state index < -0.39 is 19.7 Å². The third-order valence-corrected chi connectivity index (χ3v) is 9.45. The summed E-state index contributed by atoms with van der Waals surface area (Å²) in [6.45, 7) is 6.10. The molecule has 0 amide bonds. The topological polar surface area (TPSA) is 93.2 Å². The van der Waals surface area contributed by atoms with E-state index in [1.54, 1.807) is 30.3 Å². The van der Waals surface area contributed by atoms with Gasteiger partial charge in [0.1, 0.15) is 0 Å². The summed E-state index contributed by atoms with van der Waals surface area (Å²) >= 11 is 0. The maximum Gasteiger partial charge on any atom is 0.225 e. The van der Waals surface area contributed by atoms with Crippen molar-refractivity contribution in [2.45, 2.75) is 71.3 Å². The van der Waals surface area contributed by atoms with E-state index in [0.29, 0.717) is 0 Å². The number of hydrogen-bond acceptors (Lipinski definition) is 6. The van der Waals surface area contributed by atoms with Gasteiger partial charge < -0.3 is 5.32 Å². The summed E-state index contributed by atoms with van der Waals surface area (Å²) < 4.78 is 54.1. The first-order valence-electron chi connectivity index (χ1n) is 11.0. The van der Waals surface area contributed by atoms with Crippen LogP contribution < -0.4 is 5.32 Å². The van der Waals surface area contributed by atoms with E-state index in [1.807, 2.05) is 20.8 Å². The molecule has 1 aromatic heterocycles. The van der Waals surface area contributed by atoms with E-state index in [2.05, 4.69) is 10.3 Å². The van der Waals surface area contributed by atoms with Gasteiger partial charge in [-0.1, -0.05) is 38.1 Å². The highest BCUT2D eigenvalue weighted by Gasteiger charge is 2.33. The monoisotopic (exact) mass is 484 g/mol. The molecule has 0 radical (unpaired) electrons. The van der Waals surface area contributed by atoms with Crippen LogP contribution in [-0.4, -0.2) is 27.9 Å². The van der Waals surface area contributed by atoms with Crippen molar-refractivity contribution < 1.29 is 16.8 Å². The standard InChI is InChI=1S/C25H28N2O4S2/c1-17(2)27-18(3)19-9-12-22(13-10-19)32(28,29)23-14-11-21(20-7-8-20)16-24(23)33(30,31)25-6-4-5-15-26-25/h4-6,9-18,20,27H,7-8H2,1-3H3. The Morgan fingerprint density at radius 2 is 1.55 bits per heavy atom. The Morgan fingerprint density at radius 1 is 0.848 bits per heavy atom. The fourth-order valence-electron chi connectivity index (χ4n) is 3.90. The van der Waals surface area contributed by atoms with Gasteiger partial charge in [-0.15, -0.1) is 0 Å². The number of sulfone groups is 2. The van der Waals surface area contributed by atoms with Gasteiger partial charge in [-0.05, 0) is 73.2 Å². The number of rotatable bonds is 8. The molecule has 4 rings (SSSR count). The molecule has 1 aliphatic rings. The van der Waals surface area contributed by atoms with Crippen LogP contribution in [0.1, 0.15) is 56.7 Å². The van der Waals surface area contributed by atoms with Gasteiger partial charge in [0.25, 0.3) is 0 Å². The van der Waals surface area contributed by atoms with Crippen molar-refractivity contribution >= 4 is 19.7 Å². The number of aromatic nitrogens is 1. The summed E-state index contributed by atoms with van der Waals surface area (Å²) in [5, 5.41) is 3.21. The largest absolute Gasteiger partial charge is 0.308 e. The Kier molecular flexibility index (Phi) is 6.44. The summed E-state index contributed by atoms with van der Waals surface area (Å²) in [7, 11) is -8.20. The van der Waals surface area contributed by atoms with Gasteiger partial charge in [0, 0.05) is 18.3 Å². The molecule has 174 valence electrons. The molecular formula is C25H28N2O4S2. The third-order valence-electron chi connectivity index (χ3n) is 5.78.